The maximum atomic E-state index is 13.3. The molecule has 0 fully saturated rings. The number of benzene rings is 2. The number of halogens is 1. The van der Waals surface area contributed by atoms with Gasteiger partial charge in [-0.05, 0) is 43.3 Å². The number of nitrogens with one attached hydrogen (secondary N) is 1. The van der Waals surface area contributed by atoms with Crippen LogP contribution in [0.15, 0.2) is 55.1 Å². The normalized spacial score (nSPS) is 17.8. The molecule has 26 heavy (non-hydrogen) atoms. The fourth-order valence-electron chi connectivity index (χ4n) is 2.91. The van der Waals surface area contributed by atoms with Crippen molar-refractivity contribution in [1.82, 2.24) is 5.32 Å². The van der Waals surface area contributed by atoms with Crippen molar-refractivity contribution in [3.05, 3.63) is 72.1 Å². The third-order valence-electron chi connectivity index (χ3n) is 4.40. The maximum absolute atomic E-state index is 13.3. The predicted octanol–water partition coefficient (Wildman–Crippen LogP) is 3.23. The molecule has 0 aliphatic carbocycles. The Hall–Kier alpha value is -3.15. The van der Waals surface area contributed by atoms with Crippen LogP contribution in [-0.4, -0.2) is 25.0 Å². The zero-order valence-corrected chi connectivity index (χ0v) is 14.5. The SMILES string of the molecule is C=CC(=O)N(C)c1ccc(C(=O)NC2c3ccc(F)cc3OC2C)cc1. The molecular weight excluding hydrogens is 335 g/mol. The van der Waals surface area contributed by atoms with E-state index in [4.69, 9.17) is 4.74 Å². The number of hydrogen-bond acceptors (Lipinski definition) is 3. The molecule has 0 bridgehead atoms. The quantitative estimate of drug-likeness (QED) is 0.858. The Kier molecular flexibility index (Phi) is 4.75. The molecule has 1 heterocycles. The van der Waals surface area contributed by atoms with E-state index in [1.54, 1.807) is 37.4 Å². The third kappa shape index (κ3) is 3.31. The lowest BCUT2D eigenvalue weighted by atomic mass is 10.0. The molecule has 0 spiro atoms. The first-order valence-electron chi connectivity index (χ1n) is 8.18. The number of nitrogens with zero attached hydrogens (tertiary/aromatic N) is 1. The molecule has 0 saturated heterocycles. The molecule has 6 heteroatoms. The van der Waals surface area contributed by atoms with E-state index in [1.807, 2.05) is 6.92 Å². The van der Waals surface area contributed by atoms with Crippen LogP contribution in [0.25, 0.3) is 0 Å². The molecule has 5 nitrogen and oxygen atoms in total. The number of hydrogen-bond donors (Lipinski definition) is 1. The minimum atomic E-state index is -0.378. The van der Waals surface area contributed by atoms with Gasteiger partial charge in [-0.25, -0.2) is 4.39 Å². The summed E-state index contributed by atoms with van der Waals surface area (Å²) in [6.45, 7) is 5.27. The number of carbonyl (C=O) groups is 2. The molecule has 2 aromatic carbocycles. The van der Waals surface area contributed by atoms with E-state index in [9.17, 15) is 14.0 Å². The van der Waals surface area contributed by atoms with Gasteiger partial charge in [-0.3, -0.25) is 9.59 Å². The number of carbonyl (C=O) groups excluding carboxylic acids is 2. The molecule has 1 aliphatic heterocycles. The van der Waals surface area contributed by atoms with Gasteiger partial charge in [0.2, 0.25) is 5.91 Å². The largest absolute Gasteiger partial charge is 0.488 e. The summed E-state index contributed by atoms with van der Waals surface area (Å²) in [5, 5.41) is 2.92. The van der Waals surface area contributed by atoms with Crippen molar-refractivity contribution in [1.29, 1.82) is 0 Å². The molecule has 3 rings (SSSR count). The maximum Gasteiger partial charge on any atom is 0.251 e. The Morgan fingerprint density at radius 3 is 2.58 bits per heavy atom. The van der Waals surface area contributed by atoms with Gasteiger partial charge < -0.3 is 15.0 Å². The second kappa shape index (κ2) is 7.00. The Balaban J connectivity index is 1.75. The average Bonchev–Trinajstić information content (AvgIpc) is 2.94. The number of amides is 2. The molecule has 0 saturated carbocycles. The van der Waals surface area contributed by atoms with E-state index in [0.29, 0.717) is 17.0 Å². The monoisotopic (exact) mass is 354 g/mol. The van der Waals surface area contributed by atoms with Crippen molar-refractivity contribution in [3.8, 4) is 5.75 Å². The highest BCUT2D eigenvalue weighted by atomic mass is 19.1. The van der Waals surface area contributed by atoms with Gasteiger partial charge in [0.15, 0.2) is 0 Å². The van der Waals surface area contributed by atoms with Crippen molar-refractivity contribution in [2.75, 3.05) is 11.9 Å². The van der Waals surface area contributed by atoms with Crippen LogP contribution in [0, 0.1) is 5.82 Å². The van der Waals surface area contributed by atoms with Crippen LogP contribution in [0.3, 0.4) is 0 Å². The summed E-state index contributed by atoms with van der Waals surface area (Å²) in [4.78, 5) is 25.6. The lowest BCUT2D eigenvalue weighted by Gasteiger charge is -2.18. The Morgan fingerprint density at radius 1 is 1.23 bits per heavy atom. The molecule has 2 aromatic rings. The van der Waals surface area contributed by atoms with E-state index in [-0.39, 0.29) is 29.8 Å². The van der Waals surface area contributed by atoms with Crippen LogP contribution in [0.5, 0.6) is 5.75 Å². The summed E-state index contributed by atoms with van der Waals surface area (Å²) >= 11 is 0. The minimum absolute atomic E-state index is 0.233. The smallest absolute Gasteiger partial charge is 0.251 e. The van der Waals surface area contributed by atoms with Crippen molar-refractivity contribution >= 4 is 17.5 Å². The van der Waals surface area contributed by atoms with Gasteiger partial charge in [-0.1, -0.05) is 12.6 Å². The van der Waals surface area contributed by atoms with Crippen LogP contribution in [-0.2, 0) is 4.79 Å². The van der Waals surface area contributed by atoms with Gasteiger partial charge in [0, 0.05) is 29.9 Å². The zero-order valence-electron chi connectivity index (χ0n) is 14.5. The molecular formula is C20H19FN2O3. The molecule has 2 atom stereocenters. The molecule has 2 unspecified atom stereocenters. The summed E-state index contributed by atoms with van der Waals surface area (Å²) in [6.07, 6.45) is 0.925. The van der Waals surface area contributed by atoms with E-state index in [1.165, 1.54) is 23.1 Å². The molecule has 2 amide bonds. The van der Waals surface area contributed by atoms with Crippen molar-refractivity contribution in [2.24, 2.45) is 0 Å². The lowest BCUT2D eigenvalue weighted by molar-refractivity contribution is -0.113. The Bertz CT molecular complexity index is 864. The van der Waals surface area contributed by atoms with Gasteiger partial charge in [-0.2, -0.15) is 0 Å². The standard InChI is InChI=1S/C20H19FN2O3/c1-4-18(24)23(3)15-8-5-13(6-9-15)20(25)22-19-12(2)26-17-11-14(21)7-10-16(17)19/h4-12,19H,1H2,2-3H3,(H,22,25). The first kappa shape index (κ1) is 17.7. The molecule has 1 aliphatic rings. The second-order valence-corrected chi connectivity index (χ2v) is 6.10. The topological polar surface area (TPSA) is 58.6 Å². The number of anilines is 1. The molecule has 1 N–H and O–H groups in total. The highest BCUT2D eigenvalue weighted by Gasteiger charge is 2.32. The van der Waals surface area contributed by atoms with Crippen LogP contribution in [0.2, 0.25) is 0 Å². The van der Waals surface area contributed by atoms with Gasteiger partial charge >= 0.3 is 0 Å². The Labute approximate surface area is 151 Å². The fraction of sp³-hybridized carbons (Fsp3) is 0.200. The van der Waals surface area contributed by atoms with Crippen molar-refractivity contribution < 1.29 is 18.7 Å². The number of likely N-dealkylation sites (N-methyl/N-ethyl adjacent to an activating group) is 1. The number of ether oxygens (including phenoxy) is 1. The van der Waals surface area contributed by atoms with Crippen molar-refractivity contribution in [2.45, 2.75) is 19.1 Å². The van der Waals surface area contributed by atoms with Gasteiger partial charge in [0.25, 0.3) is 5.91 Å². The first-order valence-corrected chi connectivity index (χ1v) is 8.18. The van der Waals surface area contributed by atoms with Crippen molar-refractivity contribution in [3.63, 3.8) is 0 Å². The molecule has 0 radical (unpaired) electrons. The summed E-state index contributed by atoms with van der Waals surface area (Å²) in [5.41, 5.74) is 1.86. The predicted molar refractivity (Wildman–Crippen MR) is 96.7 cm³/mol. The highest BCUT2D eigenvalue weighted by Crippen LogP contribution is 2.37. The number of fused-ring (bicyclic) bond motifs is 1. The molecule has 0 aromatic heterocycles. The first-order chi connectivity index (χ1) is 12.4. The lowest BCUT2D eigenvalue weighted by Crippen LogP contribution is -2.33. The fourth-order valence-corrected chi connectivity index (χ4v) is 2.91. The van der Waals surface area contributed by atoms with Gasteiger partial charge in [0.05, 0.1) is 6.04 Å². The second-order valence-electron chi connectivity index (χ2n) is 6.10. The minimum Gasteiger partial charge on any atom is -0.488 e. The van der Waals surface area contributed by atoms with Crippen LogP contribution < -0.4 is 15.0 Å². The van der Waals surface area contributed by atoms with Gasteiger partial charge in [0.1, 0.15) is 17.7 Å². The third-order valence-corrected chi connectivity index (χ3v) is 4.40. The van der Waals surface area contributed by atoms with E-state index in [0.717, 1.165) is 5.56 Å². The van der Waals surface area contributed by atoms with Crippen LogP contribution in [0.1, 0.15) is 28.9 Å². The average molecular weight is 354 g/mol. The van der Waals surface area contributed by atoms with Crippen LogP contribution in [0.4, 0.5) is 10.1 Å². The Morgan fingerprint density at radius 2 is 1.92 bits per heavy atom. The van der Waals surface area contributed by atoms with E-state index in [2.05, 4.69) is 11.9 Å². The molecule has 134 valence electrons. The summed E-state index contributed by atoms with van der Waals surface area (Å²) in [7, 11) is 1.63. The van der Waals surface area contributed by atoms with Gasteiger partial charge in [-0.15, -0.1) is 0 Å². The number of rotatable bonds is 4. The van der Waals surface area contributed by atoms with E-state index >= 15 is 0 Å². The van der Waals surface area contributed by atoms with Crippen LogP contribution >= 0.6 is 0 Å². The summed E-state index contributed by atoms with van der Waals surface area (Å²) < 4.78 is 18.9. The summed E-state index contributed by atoms with van der Waals surface area (Å²) in [6, 6.07) is 10.6. The van der Waals surface area contributed by atoms with E-state index < -0.39 is 0 Å². The highest BCUT2D eigenvalue weighted by molar-refractivity contribution is 6.01. The summed E-state index contributed by atoms with van der Waals surface area (Å²) in [5.74, 6) is -0.436. The zero-order chi connectivity index (χ0) is 18.8.